The van der Waals surface area contributed by atoms with Crippen molar-refractivity contribution < 1.29 is 9.59 Å². The summed E-state index contributed by atoms with van der Waals surface area (Å²) in [7, 11) is 0. The number of para-hydroxylation sites is 2. The zero-order chi connectivity index (χ0) is 19.0. The normalized spacial score (nSPS) is 16.1. The van der Waals surface area contributed by atoms with Gasteiger partial charge in [0.05, 0.1) is 23.6 Å². The molecule has 0 fully saturated rings. The Balaban J connectivity index is 1.69. The van der Waals surface area contributed by atoms with E-state index in [1.165, 1.54) is 11.3 Å². The molecular formula is C20H18N4O2S. The number of thiazole rings is 1. The summed E-state index contributed by atoms with van der Waals surface area (Å²) in [6.45, 7) is 3.94. The molecule has 0 N–H and O–H groups in total. The van der Waals surface area contributed by atoms with Gasteiger partial charge < -0.3 is 9.80 Å². The molecular weight excluding hydrogens is 360 g/mol. The van der Waals surface area contributed by atoms with Gasteiger partial charge in [-0.3, -0.25) is 14.6 Å². The monoisotopic (exact) mass is 378 g/mol. The Morgan fingerprint density at radius 1 is 1.11 bits per heavy atom. The van der Waals surface area contributed by atoms with E-state index in [1.54, 1.807) is 35.3 Å². The highest BCUT2D eigenvalue weighted by Crippen LogP contribution is 2.37. The van der Waals surface area contributed by atoms with Crippen LogP contribution in [0.4, 0.5) is 11.4 Å². The molecule has 7 heteroatoms. The zero-order valence-electron chi connectivity index (χ0n) is 15.0. The SMILES string of the molecule is CC(=O)N1c2ccccc2N(C(=O)c2cnc(-c3cccnc3)s2)C[C@@H]1C. The summed E-state index contributed by atoms with van der Waals surface area (Å²) >= 11 is 1.35. The summed E-state index contributed by atoms with van der Waals surface area (Å²) in [4.78, 5) is 37.8. The molecule has 2 amide bonds. The maximum atomic E-state index is 13.2. The number of nitrogens with zero attached hydrogens (tertiary/aromatic N) is 4. The number of hydrogen-bond acceptors (Lipinski definition) is 5. The smallest absolute Gasteiger partial charge is 0.270 e. The summed E-state index contributed by atoms with van der Waals surface area (Å²) in [6, 6.07) is 11.2. The number of anilines is 2. The van der Waals surface area contributed by atoms with Gasteiger partial charge in [0.15, 0.2) is 0 Å². The lowest BCUT2D eigenvalue weighted by atomic mass is 10.1. The minimum Gasteiger partial charge on any atom is -0.306 e. The van der Waals surface area contributed by atoms with Crippen molar-refractivity contribution in [3.8, 4) is 10.6 Å². The molecule has 27 heavy (non-hydrogen) atoms. The average molecular weight is 378 g/mol. The molecule has 3 heterocycles. The minimum atomic E-state index is -0.106. The number of amides is 2. The van der Waals surface area contributed by atoms with Gasteiger partial charge in [0.1, 0.15) is 9.88 Å². The molecule has 0 bridgehead atoms. The van der Waals surface area contributed by atoms with Gasteiger partial charge >= 0.3 is 0 Å². The third-order valence-corrected chi connectivity index (χ3v) is 5.56. The van der Waals surface area contributed by atoms with E-state index in [0.29, 0.717) is 11.4 Å². The highest BCUT2D eigenvalue weighted by atomic mass is 32.1. The quantitative estimate of drug-likeness (QED) is 0.683. The number of carbonyl (C=O) groups is 2. The van der Waals surface area contributed by atoms with Crippen molar-refractivity contribution in [1.82, 2.24) is 9.97 Å². The van der Waals surface area contributed by atoms with Crippen LogP contribution in [0.1, 0.15) is 23.5 Å². The van der Waals surface area contributed by atoms with Crippen LogP contribution in [0.5, 0.6) is 0 Å². The van der Waals surface area contributed by atoms with Crippen LogP contribution in [0, 0.1) is 0 Å². The van der Waals surface area contributed by atoms with Gasteiger partial charge in [0.2, 0.25) is 5.91 Å². The molecule has 6 nitrogen and oxygen atoms in total. The van der Waals surface area contributed by atoms with Crippen LogP contribution in [0.3, 0.4) is 0 Å². The first-order valence-corrected chi connectivity index (χ1v) is 9.45. The molecule has 0 spiro atoms. The van der Waals surface area contributed by atoms with Crippen LogP contribution in [0.25, 0.3) is 10.6 Å². The molecule has 0 radical (unpaired) electrons. The van der Waals surface area contributed by atoms with Crippen LogP contribution in [0.15, 0.2) is 55.0 Å². The van der Waals surface area contributed by atoms with Gasteiger partial charge in [0, 0.05) is 31.4 Å². The minimum absolute atomic E-state index is 0.0290. The third-order valence-electron chi connectivity index (χ3n) is 4.53. The number of rotatable bonds is 2. The highest BCUT2D eigenvalue weighted by Gasteiger charge is 2.34. The van der Waals surface area contributed by atoms with Crippen molar-refractivity contribution in [1.29, 1.82) is 0 Å². The number of pyridine rings is 1. The van der Waals surface area contributed by atoms with E-state index >= 15 is 0 Å². The Morgan fingerprint density at radius 2 is 1.89 bits per heavy atom. The molecule has 0 unspecified atom stereocenters. The number of fused-ring (bicyclic) bond motifs is 1. The Morgan fingerprint density at radius 3 is 2.59 bits per heavy atom. The molecule has 1 atom stereocenters. The fourth-order valence-corrected chi connectivity index (χ4v) is 4.23. The summed E-state index contributed by atoms with van der Waals surface area (Å²) in [5.74, 6) is -0.135. The van der Waals surface area contributed by atoms with E-state index in [9.17, 15) is 9.59 Å². The number of carbonyl (C=O) groups excluding carboxylic acids is 2. The summed E-state index contributed by atoms with van der Waals surface area (Å²) in [5, 5.41) is 0.759. The predicted molar refractivity (Wildman–Crippen MR) is 106 cm³/mol. The number of benzene rings is 1. The molecule has 4 rings (SSSR count). The van der Waals surface area contributed by atoms with E-state index in [4.69, 9.17) is 0 Å². The molecule has 1 aromatic carbocycles. The van der Waals surface area contributed by atoms with E-state index in [1.807, 2.05) is 43.3 Å². The molecule has 1 aliphatic heterocycles. The summed E-state index contributed by atoms with van der Waals surface area (Å²) in [5.41, 5.74) is 2.39. The van der Waals surface area contributed by atoms with Gasteiger partial charge in [-0.25, -0.2) is 4.98 Å². The van der Waals surface area contributed by atoms with Gasteiger partial charge in [-0.1, -0.05) is 12.1 Å². The number of aromatic nitrogens is 2. The second kappa shape index (κ2) is 6.92. The van der Waals surface area contributed by atoms with Crippen molar-refractivity contribution in [2.75, 3.05) is 16.3 Å². The van der Waals surface area contributed by atoms with Crippen LogP contribution in [-0.4, -0.2) is 34.4 Å². The first-order valence-electron chi connectivity index (χ1n) is 8.63. The number of hydrogen-bond donors (Lipinski definition) is 0. The van der Waals surface area contributed by atoms with Crippen LogP contribution >= 0.6 is 11.3 Å². The fourth-order valence-electron chi connectivity index (χ4n) is 3.38. The summed E-state index contributed by atoms with van der Waals surface area (Å²) < 4.78 is 0. The third kappa shape index (κ3) is 3.10. The maximum absolute atomic E-state index is 13.2. The Labute approximate surface area is 161 Å². The van der Waals surface area contributed by atoms with Gasteiger partial charge in [-0.05, 0) is 31.2 Å². The van der Waals surface area contributed by atoms with Crippen molar-refractivity contribution in [2.24, 2.45) is 0 Å². The second-order valence-electron chi connectivity index (χ2n) is 6.41. The van der Waals surface area contributed by atoms with Crippen molar-refractivity contribution in [3.63, 3.8) is 0 Å². The molecule has 1 aliphatic rings. The van der Waals surface area contributed by atoms with Crippen molar-refractivity contribution in [3.05, 3.63) is 59.9 Å². The molecule has 2 aromatic heterocycles. The largest absolute Gasteiger partial charge is 0.306 e. The highest BCUT2D eigenvalue weighted by molar-refractivity contribution is 7.17. The van der Waals surface area contributed by atoms with Gasteiger partial charge in [-0.15, -0.1) is 11.3 Å². The Hall–Kier alpha value is -3.06. The van der Waals surface area contributed by atoms with Crippen LogP contribution < -0.4 is 9.80 Å². The standard InChI is InChI=1S/C20H18N4O2S/c1-13-12-23(16-7-3-4-8-17(16)24(13)14(2)25)20(26)18-11-22-19(27-18)15-6-5-9-21-10-15/h3-11,13H,12H2,1-2H3/t13-/m0/s1. The second-order valence-corrected chi connectivity index (χ2v) is 7.44. The van der Waals surface area contributed by atoms with Crippen LogP contribution in [-0.2, 0) is 4.79 Å². The lowest BCUT2D eigenvalue weighted by Crippen LogP contribution is -2.51. The lowest BCUT2D eigenvalue weighted by molar-refractivity contribution is -0.117. The van der Waals surface area contributed by atoms with Gasteiger partial charge in [0.25, 0.3) is 5.91 Å². The zero-order valence-corrected chi connectivity index (χ0v) is 15.8. The first-order chi connectivity index (χ1) is 13.1. The molecule has 0 aliphatic carbocycles. The Bertz CT molecular complexity index is 1000. The predicted octanol–water partition coefficient (Wildman–Crippen LogP) is 3.61. The lowest BCUT2D eigenvalue weighted by Gasteiger charge is -2.40. The van der Waals surface area contributed by atoms with Crippen molar-refractivity contribution in [2.45, 2.75) is 19.9 Å². The fraction of sp³-hybridized carbons (Fsp3) is 0.200. The summed E-state index contributed by atoms with van der Waals surface area (Å²) in [6.07, 6.45) is 5.05. The maximum Gasteiger partial charge on any atom is 0.270 e. The van der Waals surface area contributed by atoms with E-state index in [-0.39, 0.29) is 17.9 Å². The molecule has 136 valence electrons. The Kier molecular flexibility index (Phi) is 4.45. The van der Waals surface area contributed by atoms with Crippen molar-refractivity contribution >= 4 is 34.5 Å². The van der Waals surface area contributed by atoms with E-state index < -0.39 is 0 Å². The molecule has 3 aromatic rings. The topological polar surface area (TPSA) is 66.4 Å². The van der Waals surface area contributed by atoms with Gasteiger partial charge in [-0.2, -0.15) is 0 Å². The van der Waals surface area contributed by atoms with E-state index in [0.717, 1.165) is 21.9 Å². The van der Waals surface area contributed by atoms with Crippen LogP contribution in [0.2, 0.25) is 0 Å². The molecule has 0 saturated carbocycles. The molecule has 0 saturated heterocycles. The average Bonchev–Trinajstić information content (AvgIpc) is 3.17. The van der Waals surface area contributed by atoms with E-state index in [2.05, 4.69) is 9.97 Å². The first kappa shape index (κ1) is 17.4.